The average Bonchev–Trinajstić information content (AvgIpc) is 2.69. The molecule has 2 aromatic rings. The summed E-state index contributed by atoms with van der Waals surface area (Å²) in [6.07, 6.45) is 1.29. The molecule has 0 spiro atoms. The highest BCUT2D eigenvalue weighted by molar-refractivity contribution is 5.93. The Morgan fingerprint density at radius 3 is 2.79 bits per heavy atom. The molecule has 0 aliphatic carbocycles. The minimum absolute atomic E-state index is 0.0368. The topological polar surface area (TPSA) is 129 Å². The van der Waals surface area contributed by atoms with Crippen molar-refractivity contribution in [1.29, 1.82) is 0 Å². The molecule has 1 aromatic carbocycles. The van der Waals surface area contributed by atoms with E-state index in [-0.39, 0.29) is 43.1 Å². The van der Waals surface area contributed by atoms with Crippen molar-refractivity contribution < 1.29 is 23.9 Å². The molecule has 10 nitrogen and oxygen atoms in total. The number of para-hydroxylation sites is 1. The second-order valence-corrected chi connectivity index (χ2v) is 6.29. The fraction of sp³-hybridized carbons (Fsp3) is 0.316. The Bertz CT molecular complexity index is 1070. The summed E-state index contributed by atoms with van der Waals surface area (Å²) in [6, 6.07) is 4.71. The summed E-state index contributed by atoms with van der Waals surface area (Å²) in [5.41, 5.74) is 1.37. The Morgan fingerprint density at radius 1 is 1.24 bits per heavy atom. The van der Waals surface area contributed by atoms with Crippen molar-refractivity contribution in [3.8, 4) is 0 Å². The first kappa shape index (κ1) is 20.1. The van der Waals surface area contributed by atoms with Crippen LogP contribution in [-0.4, -0.2) is 47.3 Å². The van der Waals surface area contributed by atoms with Gasteiger partial charge in [0.1, 0.15) is 13.2 Å². The van der Waals surface area contributed by atoms with Crippen LogP contribution in [0.4, 0.5) is 4.79 Å². The van der Waals surface area contributed by atoms with Crippen LogP contribution in [0.3, 0.4) is 0 Å². The number of fused-ring (bicyclic) bond motifs is 1. The van der Waals surface area contributed by atoms with E-state index in [9.17, 15) is 19.2 Å². The highest BCUT2D eigenvalue weighted by atomic mass is 16.5. The lowest BCUT2D eigenvalue weighted by atomic mass is 10.1. The fourth-order valence-electron chi connectivity index (χ4n) is 2.86. The van der Waals surface area contributed by atoms with E-state index in [4.69, 9.17) is 9.47 Å². The lowest BCUT2D eigenvalue weighted by Crippen LogP contribution is -2.45. The van der Waals surface area contributed by atoms with Gasteiger partial charge < -0.3 is 20.1 Å². The molecule has 1 aliphatic heterocycles. The van der Waals surface area contributed by atoms with E-state index < -0.39 is 18.0 Å². The van der Waals surface area contributed by atoms with Crippen molar-refractivity contribution in [3.63, 3.8) is 0 Å². The van der Waals surface area contributed by atoms with Crippen molar-refractivity contribution in [2.24, 2.45) is 0 Å². The maximum atomic E-state index is 12.6. The predicted octanol–water partition coefficient (Wildman–Crippen LogP) is 0.378. The zero-order chi connectivity index (χ0) is 21.0. The van der Waals surface area contributed by atoms with E-state index in [1.807, 2.05) is 13.0 Å². The number of benzene rings is 1. The van der Waals surface area contributed by atoms with Gasteiger partial charge in [-0.15, -0.1) is 0 Å². The van der Waals surface area contributed by atoms with E-state index in [1.165, 1.54) is 6.33 Å². The third-order valence-corrected chi connectivity index (χ3v) is 4.31. The molecule has 0 saturated carbocycles. The molecule has 2 N–H and O–H groups in total. The Kier molecular flexibility index (Phi) is 5.91. The first-order valence-corrected chi connectivity index (χ1v) is 8.95. The average molecular weight is 400 g/mol. The smallest absolute Gasteiger partial charge is 0.337 e. The third kappa shape index (κ3) is 4.42. The molecule has 0 saturated heterocycles. The van der Waals surface area contributed by atoms with Crippen molar-refractivity contribution in [1.82, 2.24) is 20.2 Å². The quantitative estimate of drug-likeness (QED) is 0.671. The van der Waals surface area contributed by atoms with Gasteiger partial charge in [0.2, 0.25) is 0 Å². The normalized spacial score (nSPS) is 13.7. The zero-order valence-electron chi connectivity index (χ0n) is 16.0. The SMILES string of the molecule is CCOC(=O)C1=C(COC(=O)Cn2cnc3c(C)cccc3c2=O)NC(=O)NC1. The molecule has 2 amide bonds. The van der Waals surface area contributed by atoms with Crippen LogP contribution in [0.5, 0.6) is 0 Å². The van der Waals surface area contributed by atoms with Crippen LogP contribution in [0.1, 0.15) is 12.5 Å². The van der Waals surface area contributed by atoms with Crippen molar-refractivity contribution >= 4 is 28.9 Å². The van der Waals surface area contributed by atoms with Crippen LogP contribution in [0, 0.1) is 6.92 Å². The molecule has 2 heterocycles. The monoisotopic (exact) mass is 400 g/mol. The Balaban J connectivity index is 1.73. The molecule has 0 bridgehead atoms. The molecule has 10 heteroatoms. The second kappa shape index (κ2) is 8.55. The summed E-state index contributed by atoms with van der Waals surface area (Å²) < 4.78 is 11.2. The van der Waals surface area contributed by atoms with E-state index in [0.717, 1.165) is 10.1 Å². The predicted molar refractivity (Wildman–Crippen MR) is 102 cm³/mol. The number of esters is 2. The summed E-state index contributed by atoms with van der Waals surface area (Å²) in [7, 11) is 0. The van der Waals surface area contributed by atoms with E-state index in [1.54, 1.807) is 19.1 Å². The van der Waals surface area contributed by atoms with Crippen LogP contribution in [0.25, 0.3) is 10.9 Å². The van der Waals surface area contributed by atoms with Gasteiger partial charge in [-0.3, -0.25) is 14.2 Å². The number of hydrogen-bond acceptors (Lipinski definition) is 7. The number of rotatable bonds is 6. The molecule has 1 aliphatic rings. The highest BCUT2D eigenvalue weighted by Crippen LogP contribution is 2.12. The molecule has 1 aromatic heterocycles. The third-order valence-electron chi connectivity index (χ3n) is 4.31. The lowest BCUT2D eigenvalue weighted by molar-refractivity contribution is -0.144. The number of carbonyl (C=O) groups excluding carboxylic acids is 3. The fourth-order valence-corrected chi connectivity index (χ4v) is 2.86. The number of nitrogens with zero attached hydrogens (tertiary/aromatic N) is 2. The maximum absolute atomic E-state index is 12.6. The molecule has 3 rings (SSSR count). The van der Waals surface area contributed by atoms with Crippen molar-refractivity contribution in [2.75, 3.05) is 19.8 Å². The molecule has 29 heavy (non-hydrogen) atoms. The van der Waals surface area contributed by atoms with Crippen molar-refractivity contribution in [3.05, 3.63) is 51.7 Å². The van der Waals surface area contributed by atoms with E-state index >= 15 is 0 Å². The van der Waals surface area contributed by atoms with Gasteiger partial charge in [0, 0.05) is 0 Å². The van der Waals surface area contributed by atoms with Crippen LogP contribution < -0.4 is 16.2 Å². The van der Waals surface area contributed by atoms with Crippen LogP contribution in [0.15, 0.2) is 40.6 Å². The standard InChI is InChI=1S/C19H20N4O6/c1-3-28-18(26)13-7-20-19(27)22-14(13)9-29-15(24)8-23-10-21-16-11(2)5-4-6-12(16)17(23)25/h4-6,10H,3,7-9H2,1-2H3,(H2,20,22,27). The van der Waals surface area contributed by atoms with Crippen LogP contribution in [-0.2, 0) is 25.6 Å². The van der Waals surface area contributed by atoms with Gasteiger partial charge in [0.05, 0.1) is 41.7 Å². The second-order valence-electron chi connectivity index (χ2n) is 6.29. The molecule has 0 atom stereocenters. The van der Waals surface area contributed by atoms with E-state index in [2.05, 4.69) is 15.6 Å². The van der Waals surface area contributed by atoms with Gasteiger partial charge >= 0.3 is 18.0 Å². The lowest BCUT2D eigenvalue weighted by Gasteiger charge is -2.21. The summed E-state index contributed by atoms with van der Waals surface area (Å²) in [4.78, 5) is 52.5. The van der Waals surface area contributed by atoms with Gasteiger partial charge in [0.15, 0.2) is 0 Å². The highest BCUT2D eigenvalue weighted by Gasteiger charge is 2.24. The Labute approximate surface area is 165 Å². The number of urea groups is 1. The van der Waals surface area contributed by atoms with Gasteiger partial charge in [-0.2, -0.15) is 0 Å². The number of aromatic nitrogens is 2. The Morgan fingerprint density at radius 2 is 2.03 bits per heavy atom. The minimum atomic E-state index is -0.718. The van der Waals surface area contributed by atoms with E-state index in [0.29, 0.717) is 10.9 Å². The molecular formula is C19H20N4O6. The van der Waals surface area contributed by atoms with Crippen LogP contribution >= 0.6 is 0 Å². The van der Waals surface area contributed by atoms with Gasteiger partial charge in [-0.1, -0.05) is 12.1 Å². The van der Waals surface area contributed by atoms with Crippen LogP contribution in [0.2, 0.25) is 0 Å². The number of amides is 2. The number of ether oxygens (including phenoxy) is 2. The summed E-state index contributed by atoms with van der Waals surface area (Å²) in [6.45, 7) is 2.93. The maximum Gasteiger partial charge on any atom is 0.337 e. The summed E-state index contributed by atoms with van der Waals surface area (Å²) >= 11 is 0. The largest absolute Gasteiger partial charge is 0.463 e. The number of nitrogens with one attached hydrogen (secondary N) is 2. The Hall–Kier alpha value is -3.69. The minimum Gasteiger partial charge on any atom is -0.463 e. The molecule has 0 fully saturated rings. The summed E-state index contributed by atoms with van der Waals surface area (Å²) in [5, 5.41) is 5.29. The van der Waals surface area contributed by atoms with Crippen molar-refractivity contribution in [2.45, 2.75) is 20.4 Å². The van der Waals surface area contributed by atoms with Gasteiger partial charge in [-0.25, -0.2) is 14.6 Å². The van der Waals surface area contributed by atoms with Gasteiger partial charge in [0.25, 0.3) is 5.56 Å². The number of carbonyl (C=O) groups is 3. The molecule has 152 valence electrons. The first-order valence-electron chi connectivity index (χ1n) is 8.95. The number of hydrogen-bond donors (Lipinski definition) is 2. The molecule has 0 unspecified atom stereocenters. The molecule has 0 radical (unpaired) electrons. The summed E-state index contributed by atoms with van der Waals surface area (Å²) in [5.74, 6) is -1.33. The number of aryl methyl sites for hydroxylation is 1. The first-order chi connectivity index (χ1) is 13.9. The zero-order valence-corrected chi connectivity index (χ0v) is 16.0. The van der Waals surface area contributed by atoms with Gasteiger partial charge in [-0.05, 0) is 25.5 Å². The molecular weight excluding hydrogens is 380 g/mol.